The second-order valence-electron chi connectivity index (χ2n) is 6.20. The quantitative estimate of drug-likeness (QED) is 0.723. The van der Waals surface area contributed by atoms with E-state index in [9.17, 15) is 4.79 Å². The Kier molecular flexibility index (Phi) is 4.56. The molecule has 4 heterocycles. The molecular weight excluding hydrogens is 334 g/mol. The van der Waals surface area contributed by atoms with Crippen LogP contribution in [0.25, 0.3) is 0 Å². The monoisotopic (exact) mass is 353 g/mol. The van der Waals surface area contributed by atoms with Gasteiger partial charge in [-0.2, -0.15) is 0 Å². The van der Waals surface area contributed by atoms with Gasteiger partial charge in [0.1, 0.15) is 11.5 Å². The Hall–Kier alpha value is -2.54. The fraction of sp³-hybridized carbons (Fsp3) is 0.333. The zero-order valence-electron chi connectivity index (χ0n) is 13.8. The van der Waals surface area contributed by atoms with Crippen LogP contribution in [0.2, 0.25) is 0 Å². The van der Waals surface area contributed by atoms with Gasteiger partial charge in [-0.15, -0.1) is 11.3 Å². The van der Waals surface area contributed by atoms with E-state index in [-0.39, 0.29) is 11.8 Å². The molecule has 4 rings (SSSR count). The number of piperidine rings is 1. The van der Waals surface area contributed by atoms with Crippen molar-refractivity contribution in [2.75, 3.05) is 13.1 Å². The van der Waals surface area contributed by atoms with Crippen LogP contribution in [-0.2, 0) is 6.54 Å². The SMILES string of the molecule is O=C(c1ccccn1)N1CCC[C@@H](c2nccn2Cc2cscn2)C1. The fourth-order valence-electron chi connectivity index (χ4n) is 3.33. The molecular formula is C18H19N5OS. The molecule has 0 unspecified atom stereocenters. The van der Waals surface area contributed by atoms with Crippen LogP contribution < -0.4 is 0 Å². The first-order valence-electron chi connectivity index (χ1n) is 8.39. The molecule has 1 aliphatic heterocycles. The average molecular weight is 353 g/mol. The zero-order chi connectivity index (χ0) is 17.1. The lowest BCUT2D eigenvalue weighted by molar-refractivity contribution is 0.0697. The van der Waals surface area contributed by atoms with Gasteiger partial charge in [0.15, 0.2) is 0 Å². The number of carbonyl (C=O) groups excluding carboxylic acids is 1. The highest BCUT2D eigenvalue weighted by Crippen LogP contribution is 2.27. The van der Waals surface area contributed by atoms with Gasteiger partial charge < -0.3 is 9.47 Å². The van der Waals surface area contributed by atoms with Crippen molar-refractivity contribution in [2.24, 2.45) is 0 Å². The summed E-state index contributed by atoms with van der Waals surface area (Å²) < 4.78 is 2.15. The second kappa shape index (κ2) is 7.14. The van der Waals surface area contributed by atoms with E-state index in [0.717, 1.165) is 37.4 Å². The van der Waals surface area contributed by atoms with Crippen LogP contribution in [0.3, 0.4) is 0 Å². The highest BCUT2D eigenvalue weighted by molar-refractivity contribution is 7.07. The normalized spacial score (nSPS) is 17.6. The third-order valence-electron chi connectivity index (χ3n) is 4.52. The Morgan fingerprint density at radius 3 is 3.00 bits per heavy atom. The van der Waals surface area contributed by atoms with Crippen LogP contribution in [-0.4, -0.2) is 43.4 Å². The summed E-state index contributed by atoms with van der Waals surface area (Å²) in [6.45, 7) is 2.19. The summed E-state index contributed by atoms with van der Waals surface area (Å²) in [5, 5.41) is 2.06. The number of hydrogen-bond acceptors (Lipinski definition) is 5. The second-order valence-corrected chi connectivity index (χ2v) is 6.92. The number of carbonyl (C=O) groups is 1. The number of amides is 1. The molecule has 1 aliphatic rings. The Labute approximate surface area is 150 Å². The molecule has 25 heavy (non-hydrogen) atoms. The lowest BCUT2D eigenvalue weighted by Gasteiger charge is -2.32. The Morgan fingerprint density at radius 1 is 1.24 bits per heavy atom. The van der Waals surface area contributed by atoms with Crippen molar-refractivity contribution in [1.82, 2.24) is 24.4 Å². The number of thiazole rings is 1. The molecule has 7 heteroatoms. The van der Waals surface area contributed by atoms with Gasteiger partial charge >= 0.3 is 0 Å². The van der Waals surface area contributed by atoms with Gasteiger partial charge in [-0.25, -0.2) is 9.97 Å². The first-order valence-corrected chi connectivity index (χ1v) is 9.34. The average Bonchev–Trinajstić information content (AvgIpc) is 3.34. The molecule has 0 spiro atoms. The van der Waals surface area contributed by atoms with E-state index in [1.165, 1.54) is 0 Å². The molecule has 128 valence electrons. The molecule has 6 nitrogen and oxygen atoms in total. The van der Waals surface area contributed by atoms with Crippen molar-refractivity contribution in [3.63, 3.8) is 0 Å². The van der Waals surface area contributed by atoms with E-state index in [0.29, 0.717) is 12.2 Å². The van der Waals surface area contributed by atoms with Gasteiger partial charge in [0, 0.05) is 43.0 Å². The van der Waals surface area contributed by atoms with E-state index < -0.39 is 0 Å². The minimum Gasteiger partial charge on any atom is -0.337 e. The van der Waals surface area contributed by atoms with Crippen molar-refractivity contribution in [3.8, 4) is 0 Å². The maximum Gasteiger partial charge on any atom is 0.272 e. The van der Waals surface area contributed by atoms with E-state index >= 15 is 0 Å². The van der Waals surface area contributed by atoms with Gasteiger partial charge in [-0.3, -0.25) is 9.78 Å². The van der Waals surface area contributed by atoms with Gasteiger partial charge in [0.2, 0.25) is 0 Å². The van der Waals surface area contributed by atoms with Gasteiger partial charge in [0.05, 0.1) is 17.7 Å². The topological polar surface area (TPSA) is 63.9 Å². The molecule has 0 radical (unpaired) electrons. The molecule has 0 N–H and O–H groups in total. The van der Waals surface area contributed by atoms with Crippen molar-refractivity contribution in [1.29, 1.82) is 0 Å². The van der Waals surface area contributed by atoms with E-state index in [1.807, 2.05) is 34.9 Å². The van der Waals surface area contributed by atoms with Gasteiger partial charge in [-0.1, -0.05) is 6.07 Å². The summed E-state index contributed by atoms with van der Waals surface area (Å²) in [7, 11) is 0. The number of nitrogens with zero attached hydrogens (tertiary/aromatic N) is 5. The van der Waals surface area contributed by atoms with Gasteiger partial charge in [-0.05, 0) is 25.0 Å². The van der Waals surface area contributed by atoms with E-state index in [2.05, 4.69) is 24.9 Å². The predicted octanol–water partition coefficient (Wildman–Crippen LogP) is 2.80. The number of aromatic nitrogens is 4. The Balaban J connectivity index is 1.50. The number of imidazole rings is 1. The molecule has 1 atom stereocenters. The lowest BCUT2D eigenvalue weighted by atomic mass is 9.96. The summed E-state index contributed by atoms with van der Waals surface area (Å²) in [6, 6.07) is 5.45. The number of pyridine rings is 1. The summed E-state index contributed by atoms with van der Waals surface area (Å²) in [5.74, 6) is 1.28. The highest BCUT2D eigenvalue weighted by Gasteiger charge is 2.28. The lowest BCUT2D eigenvalue weighted by Crippen LogP contribution is -2.40. The van der Waals surface area contributed by atoms with Crippen LogP contribution in [0.15, 0.2) is 47.7 Å². The molecule has 0 aromatic carbocycles. The minimum absolute atomic E-state index is 0.00269. The fourth-order valence-corrected chi connectivity index (χ4v) is 3.88. The predicted molar refractivity (Wildman–Crippen MR) is 95.6 cm³/mol. The van der Waals surface area contributed by atoms with Crippen LogP contribution in [0, 0.1) is 0 Å². The smallest absolute Gasteiger partial charge is 0.272 e. The standard InChI is InChI=1S/C18H19N5OS/c24-18(16-5-1-2-6-19-16)23-8-3-4-14(10-23)17-20-7-9-22(17)11-15-12-25-13-21-15/h1-2,5-7,9,12-14H,3-4,8,10-11H2/t14-/m1/s1. The number of likely N-dealkylation sites (tertiary alicyclic amines) is 1. The van der Waals surface area contributed by atoms with E-state index in [1.54, 1.807) is 23.6 Å². The van der Waals surface area contributed by atoms with Gasteiger partial charge in [0.25, 0.3) is 5.91 Å². The molecule has 1 amide bonds. The summed E-state index contributed by atoms with van der Waals surface area (Å²) in [5.41, 5.74) is 3.40. The van der Waals surface area contributed by atoms with Crippen molar-refractivity contribution >= 4 is 17.2 Å². The molecule has 1 saturated heterocycles. The molecule has 0 saturated carbocycles. The number of hydrogen-bond donors (Lipinski definition) is 0. The first-order chi connectivity index (χ1) is 12.3. The first kappa shape index (κ1) is 16.0. The minimum atomic E-state index is 0.00269. The Bertz CT molecular complexity index is 830. The van der Waals surface area contributed by atoms with Crippen LogP contribution >= 0.6 is 11.3 Å². The largest absolute Gasteiger partial charge is 0.337 e. The van der Waals surface area contributed by atoms with E-state index in [4.69, 9.17) is 0 Å². The Morgan fingerprint density at radius 2 is 2.20 bits per heavy atom. The van der Waals surface area contributed by atoms with Crippen LogP contribution in [0.4, 0.5) is 0 Å². The molecule has 3 aromatic rings. The zero-order valence-corrected chi connectivity index (χ0v) is 14.6. The van der Waals surface area contributed by atoms with Crippen LogP contribution in [0.5, 0.6) is 0 Å². The molecule has 1 fully saturated rings. The molecule has 0 aliphatic carbocycles. The van der Waals surface area contributed by atoms with Crippen LogP contribution in [0.1, 0.15) is 40.8 Å². The maximum atomic E-state index is 12.7. The van der Waals surface area contributed by atoms with Crippen molar-refractivity contribution in [3.05, 3.63) is 64.9 Å². The van der Waals surface area contributed by atoms with Crippen molar-refractivity contribution < 1.29 is 4.79 Å². The molecule has 3 aromatic heterocycles. The summed E-state index contributed by atoms with van der Waals surface area (Å²) >= 11 is 1.60. The number of rotatable bonds is 4. The summed E-state index contributed by atoms with van der Waals surface area (Å²) in [6.07, 6.45) is 7.51. The molecule has 0 bridgehead atoms. The summed E-state index contributed by atoms with van der Waals surface area (Å²) in [4.78, 5) is 27.7. The highest BCUT2D eigenvalue weighted by atomic mass is 32.1. The van der Waals surface area contributed by atoms with Crippen molar-refractivity contribution in [2.45, 2.75) is 25.3 Å². The maximum absolute atomic E-state index is 12.7. The third-order valence-corrected chi connectivity index (χ3v) is 5.16. The third kappa shape index (κ3) is 3.46.